The number of pyridine rings is 1. The maximum Gasteiger partial charge on any atom is 0.183 e. The lowest BCUT2D eigenvalue weighted by molar-refractivity contribution is -0.0418. The molecule has 0 aromatic carbocycles. The smallest absolute Gasteiger partial charge is 0.183 e. The second kappa shape index (κ2) is 6.51. The largest absolute Gasteiger partial charge is 0.493 e. The highest BCUT2D eigenvalue weighted by Gasteiger charge is 2.37. The first-order valence-corrected chi connectivity index (χ1v) is 7.53. The normalized spacial score (nSPS) is 22.0. The Labute approximate surface area is 134 Å². The monoisotopic (exact) mass is 319 g/mol. The number of methoxy groups -OCH3 is 2. The lowest BCUT2D eigenvalue weighted by Crippen LogP contribution is -2.46. The first kappa shape index (κ1) is 15.7. The fourth-order valence-corrected chi connectivity index (χ4v) is 3.07. The Bertz CT molecular complexity index is 649. The number of aliphatic hydroxyl groups is 1. The van der Waals surface area contributed by atoms with Crippen LogP contribution >= 0.6 is 0 Å². The average molecular weight is 319 g/mol. The van der Waals surface area contributed by atoms with E-state index in [1.54, 1.807) is 32.7 Å². The number of aromatic amines is 1. The van der Waals surface area contributed by atoms with Crippen molar-refractivity contribution in [1.82, 2.24) is 25.3 Å². The van der Waals surface area contributed by atoms with Crippen LogP contribution in [0.1, 0.15) is 24.2 Å². The molecule has 8 heteroatoms. The van der Waals surface area contributed by atoms with E-state index in [4.69, 9.17) is 9.47 Å². The van der Waals surface area contributed by atoms with Crippen LogP contribution < -0.4 is 9.47 Å². The molecule has 3 rings (SSSR count). The summed E-state index contributed by atoms with van der Waals surface area (Å²) in [5.74, 6) is 1.28. The Kier molecular flexibility index (Phi) is 4.44. The van der Waals surface area contributed by atoms with Crippen LogP contribution in [0.3, 0.4) is 0 Å². The number of ether oxygens (including phenoxy) is 2. The number of nitrogens with one attached hydrogen (secondary N) is 1. The third-order valence-electron chi connectivity index (χ3n) is 4.18. The van der Waals surface area contributed by atoms with Crippen LogP contribution in [0.4, 0.5) is 0 Å². The lowest BCUT2D eigenvalue weighted by atomic mass is 9.90. The fourth-order valence-electron chi connectivity index (χ4n) is 3.07. The molecule has 1 saturated heterocycles. The molecule has 1 unspecified atom stereocenters. The van der Waals surface area contributed by atoms with Gasteiger partial charge in [-0.15, -0.1) is 0 Å². The standard InChI is InChI=1S/C15H21N5O3/c1-22-12-4-6-16-11(14(12)23-2)9-20-7-3-5-15(21,10-20)13-8-17-19-18-13/h4,6,8,21H,3,5,7,9-10H2,1-2H3,(H,17,18,19). The molecule has 2 N–H and O–H groups in total. The highest BCUT2D eigenvalue weighted by atomic mass is 16.5. The molecule has 3 heterocycles. The predicted octanol–water partition coefficient (Wildman–Crippen LogP) is 0.700. The van der Waals surface area contributed by atoms with Crippen molar-refractivity contribution < 1.29 is 14.6 Å². The van der Waals surface area contributed by atoms with Crippen molar-refractivity contribution in [3.05, 3.63) is 29.8 Å². The summed E-state index contributed by atoms with van der Waals surface area (Å²) >= 11 is 0. The van der Waals surface area contributed by atoms with Gasteiger partial charge in [-0.1, -0.05) is 0 Å². The Morgan fingerprint density at radius 3 is 2.96 bits per heavy atom. The number of hydrogen-bond donors (Lipinski definition) is 2. The van der Waals surface area contributed by atoms with Gasteiger partial charge in [0.25, 0.3) is 0 Å². The van der Waals surface area contributed by atoms with Crippen LogP contribution in [0.5, 0.6) is 11.5 Å². The maximum absolute atomic E-state index is 10.9. The number of hydrogen-bond acceptors (Lipinski definition) is 7. The summed E-state index contributed by atoms with van der Waals surface area (Å²) in [5.41, 5.74) is 0.376. The molecule has 124 valence electrons. The van der Waals surface area contributed by atoms with Crippen LogP contribution in [0, 0.1) is 0 Å². The first-order valence-electron chi connectivity index (χ1n) is 7.53. The van der Waals surface area contributed by atoms with E-state index in [2.05, 4.69) is 25.3 Å². The van der Waals surface area contributed by atoms with Crippen LogP contribution in [0.15, 0.2) is 18.5 Å². The molecule has 0 spiro atoms. The summed E-state index contributed by atoms with van der Waals surface area (Å²) in [7, 11) is 3.21. The highest BCUT2D eigenvalue weighted by Crippen LogP contribution is 2.33. The molecule has 8 nitrogen and oxygen atoms in total. The van der Waals surface area contributed by atoms with Crippen molar-refractivity contribution in [3.8, 4) is 11.5 Å². The second-order valence-electron chi connectivity index (χ2n) is 5.69. The van der Waals surface area contributed by atoms with E-state index >= 15 is 0 Å². The van der Waals surface area contributed by atoms with Gasteiger partial charge in [-0.05, 0) is 19.4 Å². The molecule has 0 saturated carbocycles. The van der Waals surface area contributed by atoms with Gasteiger partial charge in [-0.3, -0.25) is 9.88 Å². The molecular weight excluding hydrogens is 298 g/mol. The Morgan fingerprint density at radius 1 is 1.39 bits per heavy atom. The Balaban J connectivity index is 1.78. The van der Waals surface area contributed by atoms with Crippen LogP contribution in [-0.2, 0) is 12.1 Å². The minimum absolute atomic E-state index is 0.474. The molecule has 1 fully saturated rings. The van der Waals surface area contributed by atoms with Crippen LogP contribution in [0.25, 0.3) is 0 Å². The van der Waals surface area contributed by atoms with E-state index in [1.165, 1.54) is 0 Å². The highest BCUT2D eigenvalue weighted by molar-refractivity contribution is 5.42. The molecule has 2 aromatic heterocycles. The number of nitrogens with zero attached hydrogens (tertiary/aromatic N) is 4. The van der Waals surface area contributed by atoms with Crippen molar-refractivity contribution in [2.45, 2.75) is 25.0 Å². The second-order valence-corrected chi connectivity index (χ2v) is 5.69. The number of H-pyrrole nitrogens is 1. The minimum Gasteiger partial charge on any atom is -0.493 e. The van der Waals surface area contributed by atoms with Gasteiger partial charge in [-0.25, -0.2) is 0 Å². The molecule has 0 bridgehead atoms. The molecule has 0 aliphatic carbocycles. The average Bonchev–Trinajstić information content (AvgIpc) is 3.10. The number of piperidine rings is 1. The number of likely N-dealkylation sites (tertiary alicyclic amines) is 1. The molecule has 1 aliphatic rings. The van der Waals surface area contributed by atoms with Crippen molar-refractivity contribution in [3.63, 3.8) is 0 Å². The zero-order chi connectivity index (χ0) is 16.3. The molecular formula is C15H21N5O3. The summed E-state index contributed by atoms with van der Waals surface area (Å²) in [6, 6.07) is 1.77. The van der Waals surface area contributed by atoms with E-state index < -0.39 is 5.60 Å². The van der Waals surface area contributed by atoms with Crippen molar-refractivity contribution in [2.75, 3.05) is 27.3 Å². The molecule has 2 aromatic rings. The summed E-state index contributed by atoms with van der Waals surface area (Å²) < 4.78 is 10.7. The van der Waals surface area contributed by atoms with E-state index in [0.29, 0.717) is 36.7 Å². The van der Waals surface area contributed by atoms with Gasteiger partial charge >= 0.3 is 0 Å². The zero-order valence-electron chi connectivity index (χ0n) is 13.3. The van der Waals surface area contributed by atoms with Crippen molar-refractivity contribution in [2.24, 2.45) is 0 Å². The fraction of sp³-hybridized carbons (Fsp3) is 0.533. The van der Waals surface area contributed by atoms with Gasteiger partial charge in [-0.2, -0.15) is 15.4 Å². The Hall–Kier alpha value is -2.19. The molecule has 1 atom stereocenters. The third kappa shape index (κ3) is 3.13. The van der Waals surface area contributed by atoms with Crippen molar-refractivity contribution in [1.29, 1.82) is 0 Å². The van der Waals surface area contributed by atoms with E-state index in [-0.39, 0.29) is 0 Å². The Morgan fingerprint density at radius 2 is 2.26 bits per heavy atom. The number of aromatic nitrogens is 4. The SMILES string of the molecule is COc1ccnc(CN2CCCC(O)(c3cn[nH]n3)C2)c1OC. The minimum atomic E-state index is -0.989. The van der Waals surface area contributed by atoms with Gasteiger partial charge in [0.1, 0.15) is 17.0 Å². The third-order valence-corrected chi connectivity index (χ3v) is 4.18. The summed E-state index contributed by atoms with van der Waals surface area (Å²) in [5, 5.41) is 21.3. The lowest BCUT2D eigenvalue weighted by Gasteiger charge is -2.37. The van der Waals surface area contributed by atoms with Gasteiger partial charge in [0.05, 0.1) is 20.4 Å². The zero-order valence-corrected chi connectivity index (χ0v) is 13.3. The molecule has 0 amide bonds. The molecule has 0 radical (unpaired) electrons. The predicted molar refractivity (Wildman–Crippen MR) is 82.1 cm³/mol. The van der Waals surface area contributed by atoms with E-state index in [0.717, 1.165) is 18.7 Å². The number of rotatable bonds is 5. The first-order chi connectivity index (χ1) is 11.2. The van der Waals surface area contributed by atoms with E-state index in [9.17, 15) is 5.11 Å². The topological polar surface area (TPSA) is 96.4 Å². The summed E-state index contributed by atoms with van der Waals surface area (Å²) in [4.78, 5) is 6.54. The van der Waals surface area contributed by atoms with Gasteiger partial charge in [0.15, 0.2) is 11.5 Å². The molecule has 1 aliphatic heterocycles. The summed E-state index contributed by atoms with van der Waals surface area (Å²) in [6.45, 7) is 1.92. The maximum atomic E-state index is 10.9. The van der Waals surface area contributed by atoms with E-state index in [1.807, 2.05) is 0 Å². The number of β-amino-alcohol motifs (C(OH)–C–C–N with tert-alkyl or cyclic N) is 1. The van der Waals surface area contributed by atoms with Crippen LogP contribution in [0.2, 0.25) is 0 Å². The summed E-state index contributed by atoms with van der Waals surface area (Å²) in [6.07, 6.45) is 4.81. The molecule has 23 heavy (non-hydrogen) atoms. The van der Waals surface area contributed by atoms with Crippen molar-refractivity contribution >= 4 is 0 Å². The van der Waals surface area contributed by atoms with Gasteiger partial charge < -0.3 is 14.6 Å². The van der Waals surface area contributed by atoms with Gasteiger partial charge in [0.2, 0.25) is 0 Å². The quantitative estimate of drug-likeness (QED) is 0.837. The van der Waals surface area contributed by atoms with Crippen LogP contribution in [-0.4, -0.2) is 57.7 Å². The van der Waals surface area contributed by atoms with Gasteiger partial charge in [0, 0.05) is 25.4 Å².